The van der Waals surface area contributed by atoms with Crippen LogP contribution in [0.3, 0.4) is 0 Å². The van der Waals surface area contributed by atoms with Crippen molar-refractivity contribution >= 4 is 11.9 Å². The van der Waals surface area contributed by atoms with Crippen molar-refractivity contribution in [3.8, 4) is 0 Å². The number of rotatable bonds is 21. The zero-order chi connectivity index (χ0) is 23.4. The summed E-state index contributed by atoms with van der Waals surface area (Å²) >= 11 is 0. The molecule has 0 aromatic carbocycles. The van der Waals surface area contributed by atoms with Crippen LogP contribution in [0.4, 0.5) is 0 Å². The minimum atomic E-state index is -0.608. The Labute approximate surface area is 192 Å². The van der Waals surface area contributed by atoms with E-state index in [2.05, 4.69) is 18.8 Å². The maximum atomic E-state index is 12.1. The van der Waals surface area contributed by atoms with Crippen molar-refractivity contribution in [2.75, 3.05) is 33.8 Å². The number of carbonyl (C=O) groups is 2. The van der Waals surface area contributed by atoms with Crippen molar-refractivity contribution in [1.29, 1.82) is 0 Å². The van der Waals surface area contributed by atoms with E-state index in [0.29, 0.717) is 24.2 Å². The van der Waals surface area contributed by atoms with E-state index >= 15 is 0 Å². The van der Waals surface area contributed by atoms with E-state index in [1.54, 1.807) is 13.0 Å². The van der Waals surface area contributed by atoms with Crippen molar-refractivity contribution < 1.29 is 18.8 Å². The smallest absolute Gasteiger partial charge is 0.328 e. The molecule has 0 heterocycles. The second kappa shape index (κ2) is 19.3. The lowest BCUT2D eigenvalue weighted by Gasteiger charge is -2.27. The van der Waals surface area contributed by atoms with Crippen molar-refractivity contribution in [1.82, 2.24) is 5.32 Å². The van der Waals surface area contributed by atoms with Gasteiger partial charge >= 0.3 is 5.97 Å². The van der Waals surface area contributed by atoms with Crippen LogP contribution in [0, 0.1) is 0 Å². The van der Waals surface area contributed by atoms with Crippen LogP contribution in [-0.4, -0.2) is 56.2 Å². The standard InChI is InChI=1S/C26H50N2O3/c1-6-8-9-10-11-12-13-14-15-16-17-18-19-20-22-31-26(30)24(3)27-25(29)23-28(4,5)21-7-2/h7,24H,2,6,8-23H2,1,3-5H3/p+1. The molecule has 0 saturated heterocycles. The maximum Gasteiger partial charge on any atom is 0.328 e. The lowest BCUT2D eigenvalue weighted by atomic mass is 10.0. The number of carbonyl (C=O) groups excluding carboxylic acids is 2. The Morgan fingerprint density at radius 1 is 0.871 bits per heavy atom. The highest BCUT2D eigenvalue weighted by atomic mass is 16.5. The van der Waals surface area contributed by atoms with Gasteiger partial charge < -0.3 is 14.5 Å². The maximum absolute atomic E-state index is 12.1. The third-order valence-corrected chi connectivity index (χ3v) is 5.67. The lowest BCUT2D eigenvalue weighted by molar-refractivity contribution is -0.876. The number of nitrogens with zero attached hydrogens (tertiary/aromatic N) is 1. The third-order valence-electron chi connectivity index (χ3n) is 5.67. The average Bonchev–Trinajstić information content (AvgIpc) is 2.70. The second-order valence-corrected chi connectivity index (χ2v) is 9.62. The summed E-state index contributed by atoms with van der Waals surface area (Å²) in [6.07, 6.45) is 20.1. The fraction of sp³-hybridized carbons (Fsp3) is 0.846. The van der Waals surface area contributed by atoms with Gasteiger partial charge in [-0.3, -0.25) is 4.79 Å². The molecule has 0 aromatic rings. The summed E-state index contributed by atoms with van der Waals surface area (Å²) in [5.74, 6) is -0.495. The molecule has 0 aromatic heterocycles. The summed E-state index contributed by atoms with van der Waals surface area (Å²) < 4.78 is 5.82. The normalized spacial score (nSPS) is 12.4. The van der Waals surface area contributed by atoms with Crippen molar-refractivity contribution in [3.63, 3.8) is 0 Å². The monoisotopic (exact) mass is 439 g/mol. The summed E-state index contributed by atoms with van der Waals surface area (Å²) in [5, 5.41) is 2.73. The predicted octanol–water partition coefficient (Wildman–Crippen LogP) is 5.78. The molecular formula is C26H51N2O3+. The molecule has 1 unspecified atom stereocenters. The number of esters is 1. The number of nitrogens with one attached hydrogen (secondary N) is 1. The van der Waals surface area contributed by atoms with Crippen molar-refractivity contribution in [2.45, 2.75) is 110 Å². The third kappa shape index (κ3) is 19.1. The van der Waals surface area contributed by atoms with Crippen LogP contribution in [0.1, 0.15) is 104 Å². The number of unbranched alkanes of at least 4 members (excludes halogenated alkanes) is 13. The van der Waals surface area contributed by atoms with E-state index in [9.17, 15) is 9.59 Å². The Morgan fingerprint density at radius 2 is 1.32 bits per heavy atom. The number of amides is 1. The van der Waals surface area contributed by atoms with Crippen LogP contribution in [0.15, 0.2) is 12.7 Å². The van der Waals surface area contributed by atoms with Gasteiger partial charge in [-0.05, 0) is 19.4 Å². The highest BCUT2D eigenvalue weighted by Gasteiger charge is 2.22. The quantitative estimate of drug-likeness (QED) is 0.107. The highest BCUT2D eigenvalue weighted by Crippen LogP contribution is 2.13. The SMILES string of the molecule is C=CC[N+](C)(C)CC(=O)NC(C)C(=O)OCCCCCCCCCCCCCCCC. The molecular weight excluding hydrogens is 388 g/mol. The predicted molar refractivity (Wildman–Crippen MR) is 131 cm³/mol. The molecule has 0 rings (SSSR count). The Balaban J connectivity index is 3.54. The first-order valence-electron chi connectivity index (χ1n) is 12.7. The number of hydrogen-bond donors (Lipinski definition) is 1. The van der Waals surface area contributed by atoms with Gasteiger partial charge in [0.05, 0.1) is 27.2 Å². The molecule has 0 spiro atoms. The molecule has 0 fully saturated rings. The molecule has 182 valence electrons. The fourth-order valence-corrected chi connectivity index (χ4v) is 3.74. The summed E-state index contributed by atoms with van der Waals surface area (Å²) in [6.45, 7) is 9.10. The van der Waals surface area contributed by atoms with Crippen LogP contribution < -0.4 is 5.32 Å². The molecule has 0 aliphatic heterocycles. The number of likely N-dealkylation sites (N-methyl/N-ethyl adjacent to an activating group) is 1. The molecule has 1 atom stereocenters. The van der Waals surface area contributed by atoms with Crippen molar-refractivity contribution in [3.05, 3.63) is 12.7 Å². The van der Waals surface area contributed by atoms with Crippen LogP contribution in [0.2, 0.25) is 0 Å². The van der Waals surface area contributed by atoms with E-state index in [4.69, 9.17) is 4.74 Å². The van der Waals surface area contributed by atoms with E-state index < -0.39 is 6.04 Å². The Kier molecular flexibility index (Phi) is 18.5. The molecule has 31 heavy (non-hydrogen) atoms. The average molecular weight is 440 g/mol. The number of hydrogen-bond acceptors (Lipinski definition) is 3. The van der Waals surface area contributed by atoms with Gasteiger partial charge in [0, 0.05) is 0 Å². The molecule has 5 heteroatoms. The molecule has 0 aliphatic rings. The first-order valence-corrected chi connectivity index (χ1v) is 12.7. The van der Waals surface area contributed by atoms with E-state index in [1.165, 1.54) is 77.0 Å². The van der Waals surface area contributed by atoms with E-state index in [1.807, 2.05) is 14.1 Å². The van der Waals surface area contributed by atoms with Gasteiger partial charge in [-0.25, -0.2) is 4.79 Å². The molecule has 1 N–H and O–H groups in total. The second-order valence-electron chi connectivity index (χ2n) is 9.62. The molecule has 0 radical (unpaired) electrons. The summed E-state index contributed by atoms with van der Waals surface area (Å²) in [7, 11) is 3.92. The topological polar surface area (TPSA) is 55.4 Å². The lowest BCUT2D eigenvalue weighted by Crippen LogP contribution is -2.50. The Bertz CT molecular complexity index is 477. The minimum absolute atomic E-state index is 0.146. The van der Waals surface area contributed by atoms with Crippen LogP contribution >= 0.6 is 0 Å². The van der Waals surface area contributed by atoms with Crippen molar-refractivity contribution in [2.24, 2.45) is 0 Å². The van der Waals surface area contributed by atoms with Gasteiger partial charge in [0.1, 0.15) is 6.04 Å². The zero-order valence-corrected chi connectivity index (χ0v) is 21.1. The van der Waals surface area contributed by atoms with Crippen LogP contribution in [-0.2, 0) is 14.3 Å². The Morgan fingerprint density at radius 3 is 1.77 bits per heavy atom. The summed E-state index contributed by atoms with van der Waals surface area (Å²) in [4.78, 5) is 24.1. The molecule has 0 bridgehead atoms. The fourth-order valence-electron chi connectivity index (χ4n) is 3.74. The molecule has 0 aliphatic carbocycles. The van der Waals surface area contributed by atoms with Gasteiger partial charge in [-0.2, -0.15) is 0 Å². The molecule has 5 nitrogen and oxygen atoms in total. The van der Waals surface area contributed by atoms with E-state index in [-0.39, 0.29) is 11.9 Å². The van der Waals surface area contributed by atoms with Gasteiger partial charge in [0.15, 0.2) is 6.54 Å². The minimum Gasteiger partial charge on any atom is -0.464 e. The molecule has 1 amide bonds. The van der Waals surface area contributed by atoms with Gasteiger partial charge in [0.2, 0.25) is 0 Å². The largest absolute Gasteiger partial charge is 0.464 e. The summed E-state index contributed by atoms with van der Waals surface area (Å²) in [5.41, 5.74) is 0. The van der Waals surface area contributed by atoms with Crippen LogP contribution in [0.5, 0.6) is 0 Å². The highest BCUT2D eigenvalue weighted by molar-refractivity contribution is 5.84. The molecule has 0 saturated carbocycles. The summed E-state index contributed by atoms with van der Waals surface area (Å²) in [6, 6.07) is -0.608. The van der Waals surface area contributed by atoms with E-state index in [0.717, 1.165) is 12.8 Å². The van der Waals surface area contributed by atoms with Gasteiger partial charge in [-0.1, -0.05) is 97.0 Å². The van der Waals surface area contributed by atoms with Gasteiger partial charge in [-0.15, -0.1) is 0 Å². The first kappa shape index (κ1) is 29.6. The first-order chi connectivity index (χ1) is 14.8. The zero-order valence-electron chi connectivity index (χ0n) is 21.1. The number of ether oxygens (including phenoxy) is 1. The number of quaternary nitrogens is 1. The Hall–Kier alpha value is -1.36. The van der Waals surface area contributed by atoms with Crippen LogP contribution in [0.25, 0.3) is 0 Å². The van der Waals surface area contributed by atoms with Gasteiger partial charge in [0.25, 0.3) is 5.91 Å².